The fourth-order valence-electron chi connectivity index (χ4n) is 4.84. The predicted molar refractivity (Wildman–Crippen MR) is 154 cm³/mol. The molecule has 206 valence electrons. The zero-order valence-corrected chi connectivity index (χ0v) is 23.8. The number of rotatable bonds is 10. The third-order valence-electron chi connectivity index (χ3n) is 7.11. The van der Waals surface area contributed by atoms with Crippen LogP contribution in [0.3, 0.4) is 0 Å². The lowest BCUT2D eigenvalue weighted by Gasteiger charge is -2.33. The van der Waals surface area contributed by atoms with Gasteiger partial charge in [-0.3, -0.25) is 13.9 Å². The Kier molecular flexibility index (Phi) is 9.30. The van der Waals surface area contributed by atoms with Crippen LogP contribution in [0.15, 0.2) is 83.8 Å². The Morgan fingerprint density at radius 3 is 2.23 bits per heavy atom. The highest BCUT2D eigenvalue weighted by molar-refractivity contribution is 7.92. The molecule has 0 bridgehead atoms. The summed E-state index contributed by atoms with van der Waals surface area (Å²) in [6.45, 7) is 3.12. The summed E-state index contributed by atoms with van der Waals surface area (Å²) >= 11 is 6.27. The van der Waals surface area contributed by atoms with E-state index in [0.717, 1.165) is 35.6 Å². The van der Waals surface area contributed by atoms with Gasteiger partial charge in [-0.1, -0.05) is 79.0 Å². The summed E-state index contributed by atoms with van der Waals surface area (Å²) < 4.78 is 28.8. The molecule has 1 saturated carbocycles. The average molecular weight is 568 g/mol. The molecule has 0 heterocycles. The number of aryl methyl sites for hydroxylation is 1. The van der Waals surface area contributed by atoms with Gasteiger partial charge >= 0.3 is 0 Å². The first-order valence-corrected chi connectivity index (χ1v) is 15.0. The summed E-state index contributed by atoms with van der Waals surface area (Å²) in [6, 6.07) is 21.6. The molecule has 0 radical (unpaired) electrons. The Labute approximate surface area is 235 Å². The van der Waals surface area contributed by atoms with Crippen molar-refractivity contribution in [3.63, 3.8) is 0 Å². The number of hydrogen-bond acceptors (Lipinski definition) is 4. The van der Waals surface area contributed by atoms with Crippen molar-refractivity contribution in [3.05, 3.63) is 95.0 Å². The summed E-state index contributed by atoms with van der Waals surface area (Å²) in [5, 5.41) is 3.42. The van der Waals surface area contributed by atoms with E-state index < -0.39 is 28.5 Å². The molecule has 0 unspecified atom stereocenters. The minimum Gasteiger partial charge on any atom is -0.352 e. The van der Waals surface area contributed by atoms with Crippen LogP contribution in [-0.4, -0.2) is 43.8 Å². The number of nitrogens with one attached hydrogen (secondary N) is 1. The van der Waals surface area contributed by atoms with Crippen LogP contribution in [0.1, 0.15) is 43.7 Å². The maximum absolute atomic E-state index is 14.0. The van der Waals surface area contributed by atoms with E-state index >= 15 is 0 Å². The summed E-state index contributed by atoms with van der Waals surface area (Å²) in [4.78, 5) is 28.8. The molecular weight excluding hydrogens is 534 g/mol. The lowest BCUT2D eigenvalue weighted by atomic mass is 10.1. The van der Waals surface area contributed by atoms with Gasteiger partial charge in [0.1, 0.15) is 12.6 Å². The van der Waals surface area contributed by atoms with E-state index in [-0.39, 0.29) is 23.4 Å². The van der Waals surface area contributed by atoms with E-state index in [9.17, 15) is 18.0 Å². The maximum Gasteiger partial charge on any atom is 0.264 e. The van der Waals surface area contributed by atoms with E-state index in [1.54, 1.807) is 50.2 Å². The number of sulfonamides is 1. The number of nitrogens with zero attached hydrogens (tertiary/aromatic N) is 2. The van der Waals surface area contributed by atoms with Crippen LogP contribution in [0.5, 0.6) is 0 Å². The first kappa shape index (κ1) is 28.6. The number of halogens is 1. The number of benzene rings is 3. The van der Waals surface area contributed by atoms with Gasteiger partial charge in [0.05, 0.1) is 10.6 Å². The Morgan fingerprint density at radius 1 is 0.974 bits per heavy atom. The SMILES string of the molecule is Cc1ccc(Cl)cc1N(CC(=O)N(Cc1ccccc1)[C@H](C)C(=O)NC1CCCC1)S(=O)(=O)c1ccccc1. The molecule has 0 saturated heterocycles. The largest absolute Gasteiger partial charge is 0.352 e. The molecule has 1 aliphatic carbocycles. The third-order valence-corrected chi connectivity index (χ3v) is 9.12. The van der Waals surface area contributed by atoms with Crippen molar-refractivity contribution < 1.29 is 18.0 Å². The molecule has 1 N–H and O–H groups in total. The Balaban J connectivity index is 1.70. The lowest BCUT2D eigenvalue weighted by molar-refractivity contribution is -0.139. The van der Waals surface area contributed by atoms with Crippen molar-refractivity contribution in [3.8, 4) is 0 Å². The molecule has 1 atom stereocenters. The van der Waals surface area contributed by atoms with Crippen LogP contribution in [0.2, 0.25) is 5.02 Å². The second kappa shape index (κ2) is 12.7. The van der Waals surface area contributed by atoms with E-state index in [2.05, 4.69) is 5.32 Å². The molecule has 3 aromatic carbocycles. The molecule has 4 rings (SSSR count). The quantitative estimate of drug-likeness (QED) is 0.359. The Bertz CT molecular complexity index is 1390. The van der Waals surface area contributed by atoms with Gasteiger partial charge in [0.15, 0.2) is 0 Å². The molecule has 1 aliphatic rings. The normalized spacial score (nSPS) is 14.5. The van der Waals surface area contributed by atoms with Crippen molar-refractivity contribution >= 4 is 39.1 Å². The number of hydrogen-bond donors (Lipinski definition) is 1. The molecule has 39 heavy (non-hydrogen) atoms. The number of carbonyl (C=O) groups is 2. The van der Waals surface area contributed by atoms with Crippen molar-refractivity contribution in [1.82, 2.24) is 10.2 Å². The molecular formula is C30H34ClN3O4S. The van der Waals surface area contributed by atoms with Crippen molar-refractivity contribution in [1.29, 1.82) is 0 Å². The topological polar surface area (TPSA) is 86.8 Å². The Hall–Kier alpha value is -3.36. The molecule has 9 heteroatoms. The fourth-order valence-corrected chi connectivity index (χ4v) is 6.50. The molecule has 7 nitrogen and oxygen atoms in total. The molecule has 0 aliphatic heterocycles. The third kappa shape index (κ3) is 6.99. The highest BCUT2D eigenvalue weighted by atomic mass is 35.5. The first-order valence-electron chi connectivity index (χ1n) is 13.1. The van der Waals surface area contributed by atoms with Crippen LogP contribution in [0.25, 0.3) is 0 Å². The summed E-state index contributed by atoms with van der Waals surface area (Å²) in [5.74, 6) is -0.741. The highest BCUT2D eigenvalue weighted by Gasteiger charge is 2.33. The van der Waals surface area contributed by atoms with Gasteiger partial charge < -0.3 is 10.2 Å². The minimum absolute atomic E-state index is 0.0545. The number of carbonyl (C=O) groups excluding carboxylic acids is 2. The average Bonchev–Trinajstić information content (AvgIpc) is 3.45. The van der Waals surface area contributed by atoms with Crippen molar-refractivity contribution in [2.75, 3.05) is 10.8 Å². The minimum atomic E-state index is -4.13. The summed E-state index contributed by atoms with van der Waals surface area (Å²) in [7, 11) is -4.13. The van der Waals surface area contributed by atoms with Crippen LogP contribution >= 0.6 is 11.6 Å². The zero-order chi connectivity index (χ0) is 28.0. The monoisotopic (exact) mass is 567 g/mol. The second-order valence-corrected chi connectivity index (χ2v) is 12.2. The molecule has 0 aromatic heterocycles. The number of amides is 2. The van der Waals surface area contributed by atoms with Crippen LogP contribution in [-0.2, 0) is 26.2 Å². The van der Waals surface area contributed by atoms with Crippen LogP contribution in [0.4, 0.5) is 5.69 Å². The standard InChI is InChI=1S/C30H34ClN3O4S/c1-22-17-18-25(31)19-28(22)34(39(37,38)27-15-7-4-8-16-27)21-29(35)33(20-24-11-5-3-6-12-24)23(2)30(36)32-26-13-9-10-14-26/h3-8,11-12,15-19,23,26H,9-10,13-14,20-21H2,1-2H3,(H,32,36)/t23-/m1/s1. The summed E-state index contributed by atoms with van der Waals surface area (Å²) in [6.07, 6.45) is 3.97. The van der Waals surface area contributed by atoms with Gasteiger partial charge in [0.2, 0.25) is 11.8 Å². The van der Waals surface area contributed by atoms with Gasteiger partial charge in [-0.2, -0.15) is 0 Å². The molecule has 3 aromatic rings. The molecule has 2 amide bonds. The van der Waals surface area contributed by atoms with E-state index in [0.29, 0.717) is 16.3 Å². The van der Waals surface area contributed by atoms with Crippen LogP contribution < -0.4 is 9.62 Å². The second-order valence-electron chi connectivity index (χ2n) is 9.93. The summed E-state index contributed by atoms with van der Waals surface area (Å²) in [5.41, 5.74) is 1.79. The first-order chi connectivity index (χ1) is 18.7. The highest BCUT2D eigenvalue weighted by Crippen LogP contribution is 2.30. The Morgan fingerprint density at radius 2 is 1.59 bits per heavy atom. The smallest absolute Gasteiger partial charge is 0.264 e. The van der Waals surface area contributed by atoms with Crippen LogP contribution in [0, 0.1) is 6.92 Å². The van der Waals surface area contributed by atoms with Crippen molar-refractivity contribution in [2.24, 2.45) is 0 Å². The van der Waals surface area contributed by atoms with E-state index in [1.807, 2.05) is 30.3 Å². The molecule has 0 spiro atoms. The van der Waals surface area contributed by atoms with E-state index in [4.69, 9.17) is 11.6 Å². The van der Waals surface area contributed by atoms with Crippen molar-refractivity contribution in [2.45, 2.75) is 63.1 Å². The van der Waals surface area contributed by atoms with Gasteiger partial charge in [-0.05, 0) is 62.1 Å². The number of anilines is 1. The fraction of sp³-hybridized carbons (Fsp3) is 0.333. The molecule has 1 fully saturated rings. The van der Waals surface area contributed by atoms with E-state index in [1.165, 1.54) is 17.0 Å². The maximum atomic E-state index is 14.0. The van der Waals surface area contributed by atoms with Gasteiger partial charge in [-0.15, -0.1) is 0 Å². The van der Waals surface area contributed by atoms with Gasteiger partial charge in [0.25, 0.3) is 10.0 Å². The lowest BCUT2D eigenvalue weighted by Crippen LogP contribution is -2.52. The predicted octanol–water partition coefficient (Wildman–Crippen LogP) is 5.32. The zero-order valence-electron chi connectivity index (χ0n) is 22.2. The van der Waals surface area contributed by atoms with Gasteiger partial charge in [0, 0.05) is 17.6 Å². The van der Waals surface area contributed by atoms with Gasteiger partial charge in [-0.25, -0.2) is 8.42 Å².